The van der Waals surface area contributed by atoms with Crippen LogP contribution in [0.2, 0.25) is 0 Å². The SMILES string of the molecule is C/C=C/c1oc(C(=O)OC)c(C(=O)OC)c1CC. The summed E-state index contributed by atoms with van der Waals surface area (Å²) < 4.78 is 14.7. The van der Waals surface area contributed by atoms with Gasteiger partial charge in [0.2, 0.25) is 5.76 Å². The van der Waals surface area contributed by atoms with Gasteiger partial charge in [-0.1, -0.05) is 13.0 Å². The summed E-state index contributed by atoms with van der Waals surface area (Å²) in [6, 6.07) is 0. The molecule has 0 radical (unpaired) electrons. The van der Waals surface area contributed by atoms with Crippen molar-refractivity contribution in [2.45, 2.75) is 20.3 Å². The van der Waals surface area contributed by atoms with Gasteiger partial charge in [0.05, 0.1) is 14.2 Å². The first-order valence-electron chi connectivity index (χ1n) is 5.55. The molecule has 0 spiro atoms. The Hall–Kier alpha value is -2.04. The standard InChI is InChI=1S/C13H16O5/c1-5-7-9-8(6-2)10(12(14)16-3)11(18-9)13(15)17-4/h5,7H,6H2,1-4H3/b7-5+. The van der Waals surface area contributed by atoms with Crippen molar-refractivity contribution in [3.63, 3.8) is 0 Å². The lowest BCUT2D eigenvalue weighted by atomic mass is 10.1. The molecular formula is C13H16O5. The van der Waals surface area contributed by atoms with Gasteiger partial charge < -0.3 is 13.9 Å². The van der Waals surface area contributed by atoms with E-state index in [0.29, 0.717) is 17.7 Å². The number of esters is 2. The molecule has 18 heavy (non-hydrogen) atoms. The molecule has 0 fully saturated rings. The van der Waals surface area contributed by atoms with E-state index in [2.05, 4.69) is 9.47 Å². The van der Waals surface area contributed by atoms with Crippen LogP contribution in [0.4, 0.5) is 0 Å². The number of rotatable bonds is 4. The number of methoxy groups -OCH3 is 2. The van der Waals surface area contributed by atoms with Crippen LogP contribution in [0.15, 0.2) is 10.5 Å². The Balaban J connectivity index is 3.49. The zero-order valence-corrected chi connectivity index (χ0v) is 10.9. The van der Waals surface area contributed by atoms with Gasteiger partial charge in [-0.2, -0.15) is 0 Å². The van der Waals surface area contributed by atoms with Gasteiger partial charge in [-0.05, 0) is 19.4 Å². The average Bonchev–Trinajstić information content (AvgIpc) is 2.75. The summed E-state index contributed by atoms with van der Waals surface area (Å²) in [6.07, 6.45) is 4.00. The molecule has 5 nitrogen and oxygen atoms in total. The van der Waals surface area contributed by atoms with Crippen molar-refractivity contribution in [3.05, 3.63) is 28.7 Å². The lowest BCUT2D eigenvalue weighted by Gasteiger charge is -2.01. The number of allylic oxidation sites excluding steroid dienone is 1. The number of hydrogen-bond donors (Lipinski definition) is 0. The van der Waals surface area contributed by atoms with Crippen molar-refractivity contribution in [2.24, 2.45) is 0 Å². The van der Waals surface area contributed by atoms with Gasteiger partial charge >= 0.3 is 11.9 Å². The molecule has 0 aromatic carbocycles. The van der Waals surface area contributed by atoms with Crippen LogP contribution < -0.4 is 0 Å². The van der Waals surface area contributed by atoms with E-state index >= 15 is 0 Å². The first-order valence-corrected chi connectivity index (χ1v) is 5.55. The van der Waals surface area contributed by atoms with Crippen LogP contribution in [0.25, 0.3) is 6.08 Å². The molecule has 1 aromatic heterocycles. The highest BCUT2D eigenvalue weighted by molar-refractivity contribution is 6.03. The summed E-state index contributed by atoms with van der Waals surface area (Å²) in [5.41, 5.74) is 0.778. The Labute approximate surface area is 105 Å². The molecule has 0 aliphatic heterocycles. The van der Waals surface area contributed by atoms with Crippen LogP contribution in [0.5, 0.6) is 0 Å². The fraction of sp³-hybridized carbons (Fsp3) is 0.385. The lowest BCUT2D eigenvalue weighted by Crippen LogP contribution is -2.11. The Morgan fingerprint density at radius 3 is 2.28 bits per heavy atom. The molecule has 0 atom stereocenters. The normalized spacial score (nSPS) is 10.7. The highest BCUT2D eigenvalue weighted by Crippen LogP contribution is 2.26. The number of ether oxygens (including phenoxy) is 2. The Morgan fingerprint density at radius 2 is 1.83 bits per heavy atom. The van der Waals surface area contributed by atoms with Crippen LogP contribution in [-0.4, -0.2) is 26.2 Å². The average molecular weight is 252 g/mol. The van der Waals surface area contributed by atoms with E-state index in [0.717, 1.165) is 0 Å². The molecule has 0 amide bonds. The predicted octanol–water partition coefficient (Wildman–Crippen LogP) is 2.45. The number of furan rings is 1. The van der Waals surface area contributed by atoms with Crippen molar-refractivity contribution in [2.75, 3.05) is 14.2 Å². The molecule has 98 valence electrons. The van der Waals surface area contributed by atoms with E-state index in [1.54, 1.807) is 12.2 Å². The van der Waals surface area contributed by atoms with Crippen LogP contribution in [0, 0.1) is 0 Å². The summed E-state index contributed by atoms with van der Waals surface area (Å²) >= 11 is 0. The van der Waals surface area contributed by atoms with Gasteiger partial charge in [0.1, 0.15) is 11.3 Å². The second kappa shape index (κ2) is 6.05. The van der Waals surface area contributed by atoms with Crippen molar-refractivity contribution in [1.82, 2.24) is 0 Å². The third-order valence-corrected chi connectivity index (χ3v) is 2.47. The molecule has 1 heterocycles. The van der Waals surface area contributed by atoms with E-state index in [-0.39, 0.29) is 11.3 Å². The van der Waals surface area contributed by atoms with E-state index in [1.165, 1.54) is 14.2 Å². The Morgan fingerprint density at radius 1 is 1.22 bits per heavy atom. The maximum atomic E-state index is 11.7. The minimum absolute atomic E-state index is 0.116. The predicted molar refractivity (Wildman–Crippen MR) is 65.5 cm³/mol. The minimum atomic E-state index is -0.694. The largest absolute Gasteiger partial charge is 0.465 e. The highest BCUT2D eigenvalue weighted by atomic mass is 16.5. The van der Waals surface area contributed by atoms with E-state index in [9.17, 15) is 9.59 Å². The third kappa shape index (κ3) is 2.45. The molecule has 1 rings (SSSR count). The topological polar surface area (TPSA) is 65.7 Å². The molecule has 0 N–H and O–H groups in total. The third-order valence-electron chi connectivity index (χ3n) is 2.47. The molecule has 0 bridgehead atoms. The van der Waals surface area contributed by atoms with Crippen LogP contribution in [0.3, 0.4) is 0 Å². The maximum Gasteiger partial charge on any atom is 0.374 e. The molecule has 5 heteroatoms. The second-order valence-electron chi connectivity index (χ2n) is 3.49. The first kappa shape index (κ1) is 14.0. The van der Waals surface area contributed by atoms with Gasteiger partial charge in [0.25, 0.3) is 0 Å². The van der Waals surface area contributed by atoms with E-state index in [1.807, 2.05) is 13.8 Å². The Kier molecular flexibility index (Phi) is 4.71. The molecule has 0 saturated heterocycles. The zero-order chi connectivity index (χ0) is 13.7. The highest BCUT2D eigenvalue weighted by Gasteiger charge is 2.29. The minimum Gasteiger partial charge on any atom is -0.465 e. The van der Waals surface area contributed by atoms with Crippen LogP contribution >= 0.6 is 0 Å². The van der Waals surface area contributed by atoms with E-state index < -0.39 is 11.9 Å². The van der Waals surface area contributed by atoms with Crippen molar-refractivity contribution < 1.29 is 23.5 Å². The number of carbonyl (C=O) groups is 2. The molecule has 1 aromatic rings. The number of carbonyl (C=O) groups excluding carboxylic acids is 2. The maximum absolute atomic E-state index is 11.7. The summed E-state index contributed by atoms with van der Waals surface area (Å²) in [6.45, 7) is 3.68. The molecule has 0 aliphatic rings. The lowest BCUT2D eigenvalue weighted by molar-refractivity contribution is 0.0528. The second-order valence-corrected chi connectivity index (χ2v) is 3.49. The molecule has 0 unspecified atom stereocenters. The number of hydrogen-bond acceptors (Lipinski definition) is 5. The molecule has 0 saturated carbocycles. The summed E-state index contributed by atoms with van der Waals surface area (Å²) in [5, 5.41) is 0. The molecular weight excluding hydrogens is 236 g/mol. The van der Waals surface area contributed by atoms with Crippen LogP contribution in [-0.2, 0) is 15.9 Å². The van der Waals surface area contributed by atoms with Gasteiger partial charge in [0.15, 0.2) is 0 Å². The fourth-order valence-corrected chi connectivity index (χ4v) is 1.67. The summed E-state index contributed by atoms with van der Waals surface area (Å²) in [4.78, 5) is 23.3. The van der Waals surface area contributed by atoms with Gasteiger partial charge in [0, 0.05) is 5.56 Å². The van der Waals surface area contributed by atoms with Crippen molar-refractivity contribution >= 4 is 18.0 Å². The van der Waals surface area contributed by atoms with Crippen molar-refractivity contribution in [3.8, 4) is 0 Å². The Bertz CT molecular complexity index is 482. The van der Waals surface area contributed by atoms with Crippen LogP contribution in [0.1, 0.15) is 46.1 Å². The van der Waals surface area contributed by atoms with Gasteiger partial charge in [-0.3, -0.25) is 0 Å². The van der Waals surface area contributed by atoms with Gasteiger partial charge in [-0.15, -0.1) is 0 Å². The summed E-state index contributed by atoms with van der Waals surface area (Å²) in [5.74, 6) is -0.942. The van der Waals surface area contributed by atoms with E-state index in [4.69, 9.17) is 4.42 Å². The van der Waals surface area contributed by atoms with Gasteiger partial charge in [-0.25, -0.2) is 9.59 Å². The monoisotopic (exact) mass is 252 g/mol. The zero-order valence-electron chi connectivity index (χ0n) is 10.9. The quantitative estimate of drug-likeness (QED) is 0.770. The summed E-state index contributed by atoms with van der Waals surface area (Å²) in [7, 11) is 2.48. The fourth-order valence-electron chi connectivity index (χ4n) is 1.67. The van der Waals surface area contributed by atoms with Crippen molar-refractivity contribution in [1.29, 1.82) is 0 Å². The first-order chi connectivity index (χ1) is 8.60. The molecule has 0 aliphatic carbocycles. The smallest absolute Gasteiger partial charge is 0.374 e.